The second-order valence-electron chi connectivity index (χ2n) is 8.34. The van der Waals surface area contributed by atoms with Gasteiger partial charge in [-0.3, -0.25) is 14.4 Å². The van der Waals surface area contributed by atoms with Crippen LogP contribution in [0.5, 0.6) is 5.75 Å². The van der Waals surface area contributed by atoms with Crippen LogP contribution in [0.25, 0.3) is 0 Å². The van der Waals surface area contributed by atoms with Crippen LogP contribution in [0.4, 0.5) is 5.69 Å². The molecule has 6 nitrogen and oxygen atoms in total. The van der Waals surface area contributed by atoms with E-state index in [-0.39, 0.29) is 30.6 Å². The Morgan fingerprint density at radius 2 is 1.81 bits per heavy atom. The fourth-order valence-electron chi connectivity index (χ4n) is 4.37. The van der Waals surface area contributed by atoms with E-state index in [2.05, 4.69) is 24.3 Å². The average Bonchev–Trinajstić information content (AvgIpc) is 2.79. The number of ether oxygens (including phenoxy) is 1. The highest BCUT2D eigenvalue weighted by atomic mass is 16.5. The van der Waals surface area contributed by atoms with E-state index in [1.165, 1.54) is 12.5 Å². The van der Waals surface area contributed by atoms with Crippen molar-refractivity contribution in [1.82, 2.24) is 4.90 Å². The van der Waals surface area contributed by atoms with E-state index in [1.807, 2.05) is 11.0 Å². The molecule has 1 saturated heterocycles. The highest BCUT2D eigenvalue weighted by Gasteiger charge is 2.28. The fourth-order valence-corrected chi connectivity index (χ4v) is 4.37. The lowest BCUT2D eigenvalue weighted by Gasteiger charge is -2.33. The Morgan fingerprint density at radius 1 is 1.06 bits per heavy atom. The molecule has 0 bridgehead atoms. The number of carbonyl (C=O) groups excluding carboxylic acids is 3. The van der Waals surface area contributed by atoms with Crippen LogP contribution in [0.1, 0.15) is 42.1 Å². The molecule has 0 spiro atoms. The zero-order valence-corrected chi connectivity index (χ0v) is 17.9. The van der Waals surface area contributed by atoms with Gasteiger partial charge in [-0.1, -0.05) is 30.3 Å². The minimum atomic E-state index is -0.192. The molecule has 0 radical (unpaired) electrons. The highest BCUT2D eigenvalue weighted by Crippen LogP contribution is 2.33. The van der Waals surface area contributed by atoms with Gasteiger partial charge in [0.05, 0.1) is 5.69 Å². The molecule has 2 aromatic carbocycles. The summed E-state index contributed by atoms with van der Waals surface area (Å²) in [6, 6.07) is 15.6. The number of anilines is 1. The van der Waals surface area contributed by atoms with Gasteiger partial charge >= 0.3 is 0 Å². The number of nitrogens with zero attached hydrogens (tertiary/aromatic N) is 2. The van der Waals surface area contributed by atoms with E-state index in [1.54, 1.807) is 23.1 Å². The molecule has 162 valence electrons. The Hall–Kier alpha value is -3.15. The summed E-state index contributed by atoms with van der Waals surface area (Å²) in [5.41, 5.74) is 2.44. The summed E-state index contributed by atoms with van der Waals surface area (Å²) >= 11 is 0. The van der Waals surface area contributed by atoms with Crippen LogP contribution in [0.3, 0.4) is 0 Å². The van der Waals surface area contributed by atoms with Gasteiger partial charge in [-0.2, -0.15) is 0 Å². The van der Waals surface area contributed by atoms with Crippen molar-refractivity contribution in [1.29, 1.82) is 0 Å². The van der Waals surface area contributed by atoms with Crippen LogP contribution in [0.2, 0.25) is 0 Å². The number of Topliss-reactive ketones (excluding diaryl/α,β-unsaturated/α-hetero) is 1. The Kier molecular flexibility index (Phi) is 6.35. The van der Waals surface area contributed by atoms with Crippen molar-refractivity contribution in [3.8, 4) is 5.75 Å². The van der Waals surface area contributed by atoms with Gasteiger partial charge in [0, 0.05) is 31.6 Å². The minimum Gasteiger partial charge on any atom is -0.482 e. The summed E-state index contributed by atoms with van der Waals surface area (Å²) in [7, 11) is 0. The first-order valence-electron chi connectivity index (χ1n) is 10.9. The molecule has 1 fully saturated rings. The number of hydrogen-bond acceptors (Lipinski definition) is 4. The van der Waals surface area contributed by atoms with Gasteiger partial charge in [-0.25, -0.2) is 0 Å². The van der Waals surface area contributed by atoms with E-state index in [0.717, 1.165) is 32.4 Å². The monoisotopic (exact) mass is 420 g/mol. The van der Waals surface area contributed by atoms with Crippen molar-refractivity contribution in [2.75, 3.05) is 31.1 Å². The van der Waals surface area contributed by atoms with E-state index >= 15 is 0 Å². The predicted octanol–water partition coefficient (Wildman–Crippen LogP) is 3.49. The third-order valence-electron chi connectivity index (χ3n) is 6.19. The fraction of sp³-hybridized carbons (Fsp3) is 0.400. The quantitative estimate of drug-likeness (QED) is 0.671. The lowest BCUT2D eigenvalue weighted by molar-refractivity contribution is -0.132. The Labute approximate surface area is 182 Å². The van der Waals surface area contributed by atoms with Gasteiger partial charge in [0.2, 0.25) is 5.91 Å². The zero-order valence-electron chi connectivity index (χ0n) is 17.9. The van der Waals surface area contributed by atoms with Crippen molar-refractivity contribution < 1.29 is 19.1 Å². The molecule has 0 saturated carbocycles. The lowest BCUT2D eigenvalue weighted by atomic mass is 9.90. The molecule has 0 aromatic heterocycles. The number of ketones is 1. The molecule has 2 aromatic rings. The first-order chi connectivity index (χ1) is 15.0. The number of fused-ring (bicyclic) bond motifs is 1. The van der Waals surface area contributed by atoms with Crippen molar-refractivity contribution >= 4 is 23.3 Å². The predicted molar refractivity (Wildman–Crippen MR) is 118 cm³/mol. The molecular weight excluding hydrogens is 392 g/mol. The van der Waals surface area contributed by atoms with E-state index in [0.29, 0.717) is 29.5 Å². The first-order valence-corrected chi connectivity index (χ1v) is 10.9. The SMILES string of the molecule is CC(=O)c1ccc2c(c1)N(CCC(=O)N1CCC(Cc3ccccc3)CC1)C(=O)CO2. The highest BCUT2D eigenvalue weighted by molar-refractivity contribution is 6.01. The van der Waals surface area contributed by atoms with Gasteiger partial charge in [0.15, 0.2) is 12.4 Å². The third-order valence-corrected chi connectivity index (χ3v) is 6.19. The van der Waals surface area contributed by atoms with Crippen molar-refractivity contribution in [2.45, 2.75) is 32.6 Å². The van der Waals surface area contributed by atoms with Crippen molar-refractivity contribution in [3.63, 3.8) is 0 Å². The number of benzene rings is 2. The maximum absolute atomic E-state index is 12.8. The van der Waals surface area contributed by atoms with E-state index in [4.69, 9.17) is 4.74 Å². The normalized spacial score (nSPS) is 16.6. The molecule has 6 heteroatoms. The Bertz CT molecular complexity index is 965. The summed E-state index contributed by atoms with van der Waals surface area (Å²) in [4.78, 5) is 40.5. The maximum atomic E-state index is 12.8. The number of rotatable bonds is 6. The molecule has 2 heterocycles. The van der Waals surface area contributed by atoms with Crippen molar-refractivity contribution in [3.05, 3.63) is 59.7 Å². The van der Waals surface area contributed by atoms with Gasteiger partial charge in [-0.05, 0) is 55.9 Å². The van der Waals surface area contributed by atoms with Gasteiger partial charge in [0.1, 0.15) is 5.75 Å². The maximum Gasteiger partial charge on any atom is 0.265 e. The number of hydrogen-bond donors (Lipinski definition) is 0. The molecular formula is C25H28N2O4. The van der Waals surface area contributed by atoms with Crippen molar-refractivity contribution in [2.24, 2.45) is 5.92 Å². The number of amides is 2. The second kappa shape index (κ2) is 9.33. The van der Waals surface area contributed by atoms with Gasteiger partial charge in [-0.15, -0.1) is 0 Å². The molecule has 0 unspecified atom stereocenters. The van der Waals surface area contributed by atoms with E-state index < -0.39 is 0 Å². The van der Waals surface area contributed by atoms with Crippen LogP contribution in [-0.2, 0) is 16.0 Å². The van der Waals surface area contributed by atoms with Crippen LogP contribution < -0.4 is 9.64 Å². The third kappa shape index (κ3) is 4.95. The smallest absolute Gasteiger partial charge is 0.265 e. The summed E-state index contributed by atoms with van der Waals surface area (Å²) in [6.07, 6.45) is 3.32. The summed E-state index contributed by atoms with van der Waals surface area (Å²) in [6.45, 7) is 3.25. The van der Waals surface area contributed by atoms with Gasteiger partial charge in [0.25, 0.3) is 5.91 Å². The van der Waals surface area contributed by atoms with Crippen LogP contribution in [-0.4, -0.2) is 48.7 Å². The number of piperidine rings is 1. The Morgan fingerprint density at radius 3 is 2.52 bits per heavy atom. The first kappa shape index (κ1) is 21.1. The Balaban J connectivity index is 1.33. The van der Waals surface area contributed by atoms with Gasteiger partial charge < -0.3 is 14.5 Å². The molecule has 2 aliphatic heterocycles. The minimum absolute atomic E-state index is 0.0501. The number of carbonyl (C=O) groups is 3. The topological polar surface area (TPSA) is 66.9 Å². The van der Waals surface area contributed by atoms with E-state index in [9.17, 15) is 14.4 Å². The molecule has 4 rings (SSSR count). The zero-order chi connectivity index (χ0) is 21.8. The second-order valence-corrected chi connectivity index (χ2v) is 8.34. The number of likely N-dealkylation sites (tertiary alicyclic amines) is 1. The largest absolute Gasteiger partial charge is 0.482 e. The lowest BCUT2D eigenvalue weighted by Crippen LogP contribution is -2.43. The van der Waals surface area contributed by atoms with Crippen LogP contribution in [0, 0.1) is 5.92 Å². The molecule has 0 aliphatic carbocycles. The molecule has 31 heavy (non-hydrogen) atoms. The summed E-state index contributed by atoms with van der Waals surface area (Å²) in [5, 5.41) is 0. The summed E-state index contributed by atoms with van der Waals surface area (Å²) in [5.74, 6) is 0.974. The molecule has 2 aliphatic rings. The molecule has 0 atom stereocenters. The summed E-state index contributed by atoms with van der Waals surface area (Å²) < 4.78 is 5.49. The van der Waals surface area contributed by atoms with Crippen LogP contribution >= 0.6 is 0 Å². The molecule has 2 amide bonds. The molecule has 0 N–H and O–H groups in total. The average molecular weight is 421 g/mol. The standard InChI is InChI=1S/C25H28N2O4/c1-18(28)21-7-8-23-22(16-21)27(25(30)17-31-23)14-11-24(29)26-12-9-20(10-13-26)15-19-5-3-2-4-6-19/h2-8,16,20H,9-15,17H2,1H3. The van der Waals surface area contributed by atoms with Crippen LogP contribution in [0.15, 0.2) is 48.5 Å².